The Morgan fingerprint density at radius 3 is 2.63 bits per heavy atom. The highest BCUT2D eigenvalue weighted by Crippen LogP contribution is 2.39. The summed E-state index contributed by atoms with van der Waals surface area (Å²) < 4.78 is 11.7. The zero-order valence-corrected chi connectivity index (χ0v) is 25.7. The van der Waals surface area contributed by atoms with Crippen LogP contribution in [0.5, 0.6) is 0 Å². The zero-order valence-electron chi connectivity index (χ0n) is 24.9. The number of piperidine rings is 1. The molecule has 17 heteroatoms. The number of carboxylic acid groups (broad SMARTS) is 1. The van der Waals surface area contributed by atoms with Crippen LogP contribution < -0.4 is 20.9 Å². The number of alkyl carbamates (subject to hydrolysis) is 1. The number of nitriles is 2. The second kappa shape index (κ2) is 13.2. The quantitative estimate of drug-likeness (QED) is 0.262. The SMILES string of the molecule is COC(=O)N[C@@H]1CCN(c2cc(C#N)cc(Nc3nc(NC4CC4)c4ncc(C#N)n4n3)c2Cl)C[C@H]1C(C(=O)O)N1CCOCC1. The minimum Gasteiger partial charge on any atom is -0.480 e. The van der Waals surface area contributed by atoms with Crippen LogP contribution in [-0.4, -0.2) is 106 Å². The molecule has 3 aliphatic rings. The molecule has 1 amide bonds. The van der Waals surface area contributed by atoms with Crippen LogP contribution in [-0.2, 0) is 14.3 Å². The number of nitrogens with zero attached hydrogens (tertiary/aromatic N) is 8. The third-order valence-corrected chi connectivity index (χ3v) is 8.81. The second-order valence-electron chi connectivity index (χ2n) is 11.4. The molecule has 3 fully saturated rings. The number of morpholine rings is 1. The number of hydrogen-bond donors (Lipinski definition) is 4. The zero-order chi connectivity index (χ0) is 32.4. The summed E-state index contributed by atoms with van der Waals surface area (Å²) in [6.07, 6.45) is 3.16. The molecular weight excluding hydrogens is 618 g/mol. The second-order valence-corrected chi connectivity index (χ2v) is 11.7. The van der Waals surface area contributed by atoms with Gasteiger partial charge in [0.05, 0.1) is 54.6 Å². The number of benzene rings is 1. The maximum absolute atomic E-state index is 12.7. The molecule has 6 rings (SSSR count). The van der Waals surface area contributed by atoms with Gasteiger partial charge in [-0.25, -0.2) is 9.78 Å². The number of methoxy groups -OCH3 is 1. The average Bonchev–Trinajstić information content (AvgIpc) is 3.78. The van der Waals surface area contributed by atoms with Gasteiger partial charge in [-0.3, -0.25) is 9.69 Å². The number of nitrogens with one attached hydrogen (secondary N) is 3. The summed E-state index contributed by atoms with van der Waals surface area (Å²) in [5.74, 6) is -0.983. The molecule has 2 aliphatic heterocycles. The molecule has 4 heterocycles. The Bertz CT molecular complexity index is 1730. The van der Waals surface area contributed by atoms with Gasteiger partial charge in [-0.1, -0.05) is 11.6 Å². The third-order valence-electron chi connectivity index (χ3n) is 8.41. The van der Waals surface area contributed by atoms with Crippen molar-refractivity contribution in [2.75, 3.05) is 62.0 Å². The number of fused-ring (bicyclic) bond motifs is 1. The van der Waals surface area contributed by atoms with Gasteiger partial charge in [0.1, 0.15) is 12.1 Å². The van der Waals surface area contributed by atoms with Gasteiger partial charge in [0.2, 0.25) is 5.95 Å². The number of aromatic nitrogens is 4. The van der Waals surface area contributed by atoms with Crippen molar-refractivity contribution in [1.82, 2.24) is 29.8 Å². The van der Waals surface area contributed by atoms with E-state index >= 15 is 0 Å². The minimum absolute atomic E-state index is 0.130. The number of carbonyl (C=O) groups excluding carboxylic acids is 1. The van der Waals surface area contributed by atoms with E-state index in [4.69, 9.17) is 21.1 Å². The summed E-state index contributed by atoms with van der Waals surface area (Å²) in [6.45, 7) is 2.30. The molecule has 0 radical (unpaired) electrons. The van der Waals surface area contributed by atoms with Crippen LogP contribution in [0.25, 0.3) is 5.65 Å². The van der Waals surface area contributed by atoms with Gasteiger partial charge in [-0.2, -0.15) is 20.0 Å². The normalized spacial score (nSPS) is 20.7. The molecule has 3 atom stereocenters. The van der Waals surface area contributed by atoms with Gasteiger partial charge in [0, 0.05) is 44.2 Å². The van der Waals surface area contributed by atoms with E-state index in [1.54, 1.807) is 12.1 Å². The Hall–Kier alpha value is -4.90. The maximum atomic E-state index is 12.7. The molecular formula is C29H32ClN11O5. The molecule has 1 unspecified atom stereocenters. The highest BCUT2D eigenvalue weighted by atomic mass is 35.5. The van der Waals surface area contributed by atoms with E-state index in [0.717, 1.165) is 12.8 Å². The number of rotatable bonds is 9. The Labute approximate surface area is 268 Å². The lowest BCUT2D eigenvalue weighted by Gasteiger charge is -2.45. The first-order valence-electron chi connectivity index (χ1n) is 14.9. The van der Waals surface area contributed by atoms with Crippen LogP contribution in [0.2, 0.25) is 5.02 Å². The number of carboxylic acids is 1. The van der Waals surface area contributed by atoms with E-state index < -0.39 is 30.1 Å². The third kappa shape index (κ3) is 6.41. The Kier molecular flexibility index (Phi) is 8.94. The predicted molar refractivity (Wildman–Crippen MR) is 165 cm³/mol. The lowest BCUT2D eigenvalue weighted by atomic mass is 9.84. The van der Waals surface area contributed by atoms with Crippen molar-refractivity contribution in [1.29, 1.82) is 10.5 Å². The van der Waals surface area contributed by atoms with E-state index in [1.807, 2.05) is 9.80 Å². The van der Waals surface area contributed by atoms with Crippen molar-refractivity contribution in [3.8, 4) is 12.1 Å². The van der Waals surface area contributed by atoms with Crippen LogP contribution in [0, 0.1) is 28.6 Å². The molecule has 1 aromatic carbocycles. The van der Waals surface area contributed by atoms with Crippen molar-refractivity contribution >= 4 is 52.5 Å². The number of aliphatic carboxylic acids is 1. The lowest BCUT2D eigenvalue weighted by molar-refractivity contribution is -0.148. The molecule has 46 heavy (non-hydrogen) atoms. The standard InChI is InChI=1S/C29H32ClN11O5/c1-45-29(44)36-20-4-5-40(15-19(20)24(27(42)43)39-6-8-46-9-7-39)22-11-16(12-31)10-21(23(22)30)35-28-37-25(34-17-2-3-17)26-33-14-18(13-32)41(26)38-28/h10-11,14,17,19-20,24H,2-9,15H2,1H3,(H,36,44)(H,42,43)(H2,34,35,37,38)/t19-,20-,24?/m1/s1. The van der Waals surface area contributed by atoms with E-state index in [0.29, 0.717) is 67.7 Å². The largest absolute Gasteiger partial charge is 0.480 e. The molecule has 240 valence electrons. The van der Waals surface area contributed by atoms with Crippen LogP contribution in [0.15, 0.2) is 18.3 Å². The fourth-order valence-electron chi connectivity index (χ4n) is 6.02. The van der Waals surface area contributed by atoms with Crippen LogP contribution in [0.4, 0.5) is 27.9 Å². The summed E-state index contributed by atoms with van der Waals surface area (Å²) in [7, 11) is 1.26. The average molecular weight is 650 g/mol. The lowest BCUT2D eigenvalue weighted by Crippen LogP contribution is -2.62. The molecule has 16 nitrogen and oxygen atoms in total. The fourth-order valence-corrected chi connectivity index (χ4v) is 6.30. The topological polar surface area (TPSA) is 206 Å². The minimum atomic E-state index is -1.01. The molecule has 0 spiro atoms. The number of hydrogen-bond acceptors (Lipinski definition) is 13. The molecule has 3 aromatic rings. The number of ether oxygens (including phenoxy) is 2. The Morgan fingerprint density at radius 1 is 1.17 bits per heavy atom. The summed E-state index contributed by atoms with van der Waals surface area (Å²) in [4.78, 5) is 37.7. The molecule has 2 aromatic heterocycles. The Morgan fingerprint density at radius 2 is 1.96 bits per heavy atom. The monoisotopic (exact) mass is 649 g/mol. The molecule has 2 saturated heterocycles. The fraction of sp³-hybridized carbons (Fsp3) is 0.483. The van der Waals surface area contributed by atoms with Gasteiger partial charge in [-0.15, -0.1) is 5.10 Å². The van der Waals surface area contributed by atoms with Crippen LogP contribution >= 0.6 is 11.6 Å². The van der Waals surface area contributed by atoms with Crippen molar-refractivity contribution in [3.63, 3.8) is 0 Å². The first-order valence-corrected chi connectivity index (χ1v) is 15.2. The van der Waals surface area contributed by atoms with E-state index in [9.17, 15) is 25.2 Å². The first-order chi connectivity index (χ1) is 22.3. The summed E-state index contributed by atoms with van der Waals surface area (Å²) in [5, 5.41) is 43.9. The van der Waals surface area contributed by atoms with Crippen molar-refractivity contribution in [2.24, 2.45) is 5.92 Å². The highest BCUT2D eigenvalue weighted by molar-refractivity contribution is 6.36. The van der Waals surface area contributed by atoms with Crippen LogP contribution in [0.1, 0.15) is 30.5 Å². The molecule has 0 bridgehead atoms. The number of carbonyl (C=O) groups is 2. The van der Waals surface area contributed by atoms with Gasteiger partial charge in [-0.05, 0) is 31.4 Å². The first kappa shape index (κ1) is 31.1. The Balaban J connectivity index is 1.34. The summed E-state index contributed by atoms with van der Waals surface area (Å²) in [6, 6.07) is 6.30. The molecule has 1 saturated carbocycles. The van der Waals surface area contributed by atoms with Crippen molar-refractivity contribution in [3.05, 3.63) is 34.6 Å². The predicted octanol–water partition coefficient (Wildman–Crippen LogP) is 2.18. The van der Waals surface area contributed by atoms with E-state index in [-0.39, 0.29) is 29.3 Å². The van der Waals surface area contributed by atoms with Gasteiger partial charge < -0.3 is 35.4 Å². The van der Waals surface area contributed by atoms with Gasteiger partial charge in [0.15, 0.2) is 17.2 Å². The summed E-state index contributed by atoms with van der Waals surface area (Å²) >= 11 is 7.00. The number of imidazole rings is 1. The van der Waals surface area contributed by atoms with Gasteiger partial charge in [0.25, 0.3) is 0 Å². The van der Waals surface area contributed by atoms with E-state index in [2.05, 4.69) is 43.2 Å². The number of halogens is 1. The van der Waals surface area contributed by atoms with Crippen LogP contribution in [0.3, 0.4) is 0 Å². The maximum Gasteiger partial charge on any atom is 0.407 e. The number of amides is 1. The number of anilines is 4. The molecule has 1 aliphatic carbocycles. The summed E-state index contributed by atoms with van der Waals surface area (Å²) in [5.41, 5.74) is 1.79. The van der Waals surface area contributed by atoms with Gasteiger partial charge >= 0.3 is 12.1 Å². The van der Waals surface area contributed by atoms with E-state index in [1.165, 1.54) is 17.8 Å². The van der Waals surface area contributed by atoms with Crippen molar-refractivity contribution < 1.29 is 24.2 Å². The highest BCUT2D eigenvalue weighted by Gasteiger charge is 2.43. The molecule has 4 N–H and O–H groups in total. The van der Waals surface area contributed by atoms with Crippen molar-refractivity contribution in [2.45, 2.75) is 37.4 Å². The smallest absolute Gasteiger partial charge is 0.407 e.